The molecule has 0 aromatic heterocycles. The summed E-state index contributed by atoms with van der Waals surface area (Å²) in [4.78, 5) is 0. The second kappa shape index (κ2) is 5.72. The summed E-state index contributed by atoms with van der Waals surface area (Å²) >= 11 is 9.13. The fourth-order valence-corrected chi connectivity index (χ4v) is 2.16. The minimum Gasteiger partial charge on any atom is -0.381 e. The molecule has 0 heterocycles. The molecule has 0 amide bonds. The van der Waals surface area contributed by atoms with Gasteiger partial charge in [0.25, 0.3) is 0 Å². The molecule has 0 unspecified atom stereocenters. The zero-order valence-electron chi connectivity index (χ0n) is 9.81. The molecule has 0 spiro atoms. The van der Waals surface area contributed by atoms with Crippen LogP contribution in [0, 0.1) is 12.7 Å². The first kappa shape index (κ1) is 13.4. The maximum Gasteiger partial charge on any atom is 0.129 e. The van der Waals surface area contributed by atoms with E-state index in [0.29, 0.717) is 17.1 Å². The van der Waals surface area contributed by atoms with Gasteiger partial charge in [0.05, 0.1) is 0 Å². The van der Waals surface area contributed by atoms with Gasteiger partial charge in [-0.2, -0.15) is 0 Å². The molecule has 0 aliphatic carbocycles. The van der Waals surface area contributed by atoms with Crippen LogP contribution in [0.25, 0.3) is 0 Å². The van der Waals surface area contributed by atoms with E-state index < -0.39 is 0 Å². The molecule has 1 N–H and O–H groups in total. The molecular formula is C14H12BrClFN. The lowest BCUT2D eigenvalue weighted by Crippen LogP contribution is -2.03. The summed E-state index contributed by atoms with van der Waals surface area (Å²) in [6.07, 6.45) is 0. The highest BCUT2D eigenvalue weighted by Crippen LogP contribution is 2.22. The van der Waals surface area contributed by atoms with Crippen LogP contribution in [0.3, 0.4) is 0 Å². The Morgan fingerprint density at radius 1 is 1.22 bits per heavy atom. The molecule has 2 rings (SSSR count). The molecule has 2 aromatic rings. The van der Waals surface area contributed by atoms with E-state index in [9.17, 15) is 4.39 Å². The van der Waals surface area contributed by atoms with Gasteiger partial charge in [0.2, 0.25) is 0 Å². The van der Waals surface area contributed by atoms with E-state index in [1.54, 1.807) is 12.1 Å². The van der Waals surface area contributed by atoms with Gasteiger partial charge in [-0.25, -0.2) is 4.39 Å². The van der Waals surface area contributed by atoms with Crippen molar-refractivity contribution in [2.75, 3.05) is 5.32 Å². The Labute approximate surface area is 119 Å². The van der Waals surface area contributed by atoms with E-state index in [-0.39, 0.29) is 5.82 Å². The van der Waals surface area contributed by atoms with Gasteiger partial charge in [-0.05, 0) is 36.8 Å². The minimum atomic E-state index is -0.289. The van der Waals surface area contributed by atoms with Crippen LogP contribution in [-0.2, 0) is 6.54 Å². The van der Waals surface area contributed by atoms with Crippen molar-refractivity contribution in [2.45, 2.75) is 13.5 Å². The quantitative estimate of drug-likeness (QED) is 0.820. The Morgan fingerprint density at radius 3 is 2.72 bits per heavy atom. The number of aryl methyl sites for hydroxylation is 1. The summed E-state index contributed by atoms with van der Waals surface area (Å²) in [5, 5.41) is 3.63. The van der Waals surface area contributed by atoms with Crippen LogP contribution < -0.4 is 5.32 Å². The second-order valence-corrected chi connectivity index (χ2v) is 5.40. The smallest absolute Gasteiger partial charge is 0.129 e. The first-order valence-electron chi connectivity index (χ1n) is 5.50. The Morgan fingerprint density at radius 2 is 2.00 bits per heavy atom. The summed E-state index contributed by atoms with van der Waals surface area (Å²) < 4.78 is 14.6. The Balaban J connectivity index is 2.13. The highest BCUT2D eigenvalue weighted by molar-refractivity contribution is 9.10. The predicted octanol–water partition coefficient (Wildman–Crippen LogP) is 5.16. The summed E-state index contributed by atoms with van der Waals surface area (Å²) in [6.45, 7) is 2.44. The summed E-state index contributed by atoms with van der Waals surface area (Å²) in [6, 6.07) is 10.7. The van der Waals surface area contributed by atoms with Crippen molar-refractivity contribution in [2.24, 2.45) is 0 Å². The van der Waals surface area contributed by atoms with Crippen molar-refractivity contribution in [1.29, 1.82) is 0 Å². The van der Waals surface area contributed by atoms with E-state index in [2.05, 4.69) is 21.2 Å². The third kappa shape index (κ3) is 3.24. The minimum absolute atomic E-state index is 0.289. The van der Waals surface area contributed by atoms with Gasteiger partial charge in [0.1, 0.15) is 5.82 Å². The van der Waals surface area contributed by atoms with Crippen LogP contribution in [0.15, 0.2) is 40.9 Å². The van der Waals surface area contributed by atoms with E-state index in [4.69, 9.17) is 11.6 Å². The van der Waals surface area contributed by atoms with Crippen molar-refractivity contribution in [3.8, 4) is 0 Å². The van der Waals surface area contributed by atoms with Crippen LogP contribution in [0.1, 0.15) is 11.1 Å². The van der Waals surface area contributed by atoms with Crippen molar-refractivity contribution >= 4 is 33.2 Å². The SMILES string of the molecule is Cc1ccc(Br)cc1NCc1ccc(Cl)cc1F. The van der Waals surface area contributed by atoms with Crippen molar-refractivity contribution < 1.29 is 4.39 Å². The van der Waals surface area contributed by atoms with Crippen molar-refractivity contribution in [3.05, 3.63) is 62.8 Å². The second-order valence-electron chi connectivity index (χ2n) is 4.05. The van der Waals surface area contributed by atoms with E-state index in [1.807, 2.05) is 25.1 Å². The predicted molar refractivity (Wildman–Crippen MR) is 77.6 cm³/mol. The average Bonchev–Trinajstić information content (AvgIpc) is 2.32. The third-order valence-corrected chi connectivity index (χ3v) is 3.41. The van der Waals surface area contributed by atoms with Crippen LogP contribution >= 0.6 is 27.5 Å². The fourth-order valence-electron chi connectivity index (χ4n) is 1.64. The number of benzene rings is 2. The van der Waals surface area contributed by atoms with Crippen molar-refractivity contribution in [1.82, 2.24) is 0 Å². The van der Waals surface area contributed by atoms with Gasteiger partial charge >= 0.3 is 0 Å². The van der Waals surface area contributed by atoms with E-state index >= 15 is 0 Å². The number of rotatable bonds is 3. The molecule has 0 fully saturated rings. The average molecular weight is 329 g/mol. The normalized spacial score (nSPS) is 10.4. The van der Waals surface area contributed by atoms with E-state index in [1.165, 1.54) is 6.07 Å². The maximum atomic E-state index is 13.6. The van der Waals surface area contributed by atoms with Gasteiger partial charge in [-0.1, -0.05) is 39.7 Å². The first-order valence-corrected chi connectivity index (χ1v) is 6.67. The van der Waals surface area contributed by atoms with E-state index in [0.717, 1.165) is 15.7 Å². The van der Waals surface area contributed by atoms with Crippen LogP contribution in [0.4, 0.5) is 10.1 Å². The number of hydrogen-bond donors (Lipinski definition) is 1. The molecular weight excluding hydrogens is 317 g/mol. The highest BCUT2D eigenvalue weighted by Gasteiger charge is 2.04. The van der Waals surface area contributed by atoms with Gasteiger partial charge < -0.3 is 5.32 Å². The van der Waals surface area contributed by atoms with Gasteiger partial charge in [-0.3, -0.25) is 0 Å². The molecule has 0 aliphatic rings. The molecule has 18 heavy (non-hydrogen) atoms. The van der Waals surface area contributed by atoms with Gasteiger partial charge in [-0.15, -0.1) is 0 Å². The first-order chi connectivity index (χ1) is 8.56. The van der Waals surface area contributed by atoms with Crippen molar-refractivity contribution in [3.63, 3.8) is 0 Å². The number of nitrogens with one attached hydrogen (secondary N) is 1. The molecule has 2 aromatic carbocycles. The molecule has 1 nitrogen and oxygen atoms in total. The standard InChI is InChI=1S/C14H12BrClFN/c1-9-2-4-11(15)6-14(9)18-8-10-3-5-12(16)7-13(10)17/h2-7,18H,8H2,1H3. The molecule has 0 bridgehead atoms. The van der Waals surface area contributed by atoms with Crippen LogP contribution in [0.2, 0.25) is 5.02 Å². The summed E-state index contributed by atoms with van der Waals surface area (Å²) in [5.74, 6) is -0.289. The zero-order chi connectivity index (χ0) is 13.1. The fraction of sp³-hybridized carbons (Fsp3) is 0.143. The molecule has 0 saturated carbocycles. The highest BCUT2D eigenvalue weighted by atomic mass is 79.9. The molecule has 0 radical (unpaired) electrons. The lowest BCUT2D eigenvalue weighted by atomic mass is 10.1. The molecule has 94 valence electrons. The molecule has 4 heteroatoms. The maximum absolute atomic E-state index is 13.6. The molecule has 0 aliphatic heterocycles. The number of hydrogen-bond acceptors (Lipinski definition) is 1. The number of anilines is 1. The summed E-state index contributed by atoms with van der Waals surface area (Å²) in [5.41, 5.74) is 2.70. The van der Waals surface area contributed by atoms with Gasteiger partial charge in [0, 0.05) is 27.3 Å². The topological polar surface area (TPSA) is 12.0 Å². The largest absolute Gasteiger partial charge is 0.381 e. The molecule has 0 atom stereocenters. The third-order valence-electron chi connectivity index (χ3n) is 2.68. The Hall–Kier alpha value is -1.06. The monoisotopic (exact) mass is 327 g/mol. The van der Waals surface area contributed by atoms with Gasteiger partial charge in [0.15, 0.2) is 0 Å². The Kier molecular flexibility index (Phi) is 4.25. The zero-order valence-corrected chi connectivity index (χ0v) is 12.1. The molecule has 0 saturated heterocycles. The van der Waals surface area contributed by atoms with Crippen LogP contribution in [0.5, 0.6) is 0 Å². The van der Waals surface area contributed by atoms with Crippen LogP contribution in [-0.4, -0.2) is 0 Å². The lowest BCUT2D eigenvalue weighted by molar-refractivity contribution is 0.613. The Bertz CT molecular complexity index is 572. The summed E-state index contributed by atoms with van der Waals surface area (Å²) in [7, 11) is 0. The number of halogens is 3. The lowest BCUT2D eigenvalue weighted by Gasteiger charge is -2.10.